The molecule has 0 aromatic heterocycles. The lowest BCUT2D eigenvalue weighted by Crippen LogP contribution is -2.32. The Kier molecular flexibility index (Phi) is 5.36. The van der Waals surface area contributed by atoms with E-state index < -0.39 is 23.8 Å². The lowest BCUT2D eigenvalue weighted by Gasteiger charge is -2.31. The number of carbonyl (C=O) groups excluding carboxylic acids is 2. The van der Waals surface area contributed by atoms with Crippen molar-refractivity contribution < 1.29 is 23.8 Å². The summed E-state index contributed by atoms with van der Waals surface area (Å²) >= 11 is 6.80. The Morgan fingerprint density at radius 3 is 2.48 bits per heavy atom. The zero-order valence-electron chi connectivity index (χ0n) is 12.7. The number of methoxy groups -OCH3 is 2. The zero-order chi connectivity index (χ0) is 17.3. The molecule has 1 aromatic rings. The largest absolute Gasteiger partial charge is 0.469 e. The molecule has 2 rings (SSSR count). The van der Waals surface area contributed by atoms with Crippen molar-refractivity contribution in [3.63, 3.8) is 0 Å². The summed E-state index contributed by atoms with van der Waals surface area (Å²) in [7, 11) is 2.54. The Morgan fingerprint density at radius 2 is 1.91 bits per heavy atom. The molecule has 2 atom stereocenters. The Bertz CT molecular complexity index is 701. The Morgan fingerprint density at radius 1 is 1.26 bits per heavy atom. The molecule has 0 fully saturated rings. The van der Waals surface area contributed by atoms with Crippen LogP contribution in [0.25, 0.3) is 0 Å². The third-order valence-corrected chi connectivity index (χ3v) is 4.69. The van der Waals surface area contributed by atoms with Gasteiger partial charge in [0.1, 0.15) is 11.3 Å². The average molecular weight is 449 g/mol. The van der Waals surface area contributed by atoms with Crippen molar-refractivity contribution in [1.29, 1.82) is 0 Å². The van der Waals surface area contributed by atoms with Crippen LogP contribution in [0.4, 0.5) is 0 Å². The molecule has 0 bridgehead atoms. The van der Waals surface area contributed by atoms with E-state index in [1.807, 2.05) is 0 Å². The van der Waals surface area contributed by atoms with Gasteiger partial charge in [-0.25, -0.2) is 4.79 Å². The Balaban J connectivity index is 2.69. The highest BCUT2D eigenvalue weighted by Gasteiger charge is 2.41. The van der Waals surface area contributed by atoms with Crippen molar-refractivity contribution in [2.45, 2.75) is 12.8 Å². The van der Waals surface area contributed by atoms with Crippen molar-refractivity contribution in [3.05, 3.63) is 38.1 Å². The molecule has 23 heavy (non-hydrogen) atoms. The van der Waals surface area contributed by atoms with Crippen molar-refractivity contribution in [1.82, 2.24) is 0 Å². The van der Waals surface area contributed by atoms with Gasteiger partial charge in [0, 0.05) is 16.0 Å². The monoisotopic (exact) mass is 447 g/mol. The van der Waals surface area contributed by atoms with Crippen LogP contribution in [0.15, 0.2) is 32.5 Å². The maximum Gasteiger partial charge on any atom is 0.339 e. The van der Waals surface area contributed by atoms with E-state index in [1.54, 1.807) is 19.1 Å². The fourth-order valence-corrected chi connectivity index (χ4v) is 3.91. The molecule has 0 spiro atoms. The molecule has 0 saturated heterocycles. The smallest absolute Gasteiger partial charge is 0.339 e. The normalized spacial score (nSPS) is 17.9. The molecule has 0 aliphatic carbocycles. The molecule has 1 aliphatic heterocycles. The highest BCUT2D eigenvalue weighted by molar-refractivity contribution is 9.11. The summed E-state index contributed by atoms with van der Waals surface area (Å²) in [6.07, 6.45) is 0. The van der Waals surface area contributed by atoms with E-state index in [9.17, 15) is 9.59 Å². The summed E-state index contributed by atoms with van der Waals surface area (Å²) in [5, 5.41) is 0. The van der Waals surface area contributed by atoms with E-state index in [2.05, 4.69) is 31.9 Å². The molecule has 8 heteroatoms. The first-order chi connectivity index (χ1) is 10.8. The van der Waals surface area contributed by atoms with Crippen LogP contribution >= 0.6 is 31.9 Å². The number of esters is 2. The van der Waals surface area contributed by atoms with Gasteiger partial charge in [0.25, 0.3) is 0 Å². The predicted molar refractivity (Wildman–Crippen MR) is 89.6 cm³/mol. The number of fused-ring (bicyclic) bond motifs is 1. The zero-order valence-corrected chi connectivity index (χ0v) is 15.9. The maximum atomic E-state index is 12.2. The van der Waals surface area contributed by atoms with Gasteiger partial charge in [0.2, 0.25) is 5.88 Å². The molecular weight excluding hydrogens is 434 g/mol. The van der Waals surface area contributed by atoms with E-state index >= 15 is 0 Å². The standard InChI is InChI=1S/C15H15Br2NO5/c1-6(14(19)21-2)10-8-4-7(16)5-9(17)12(8)23-13(18)11(10)15(20)22-3/h4-6,10H,18H2,1-3H3. The average Bonchev–Trinajstić information content (AvgIpc) is 2.52. The number of rotatable bonds is 3. The first-order valence-electron chi connectivity index (χ1n) is 6.64. The number of benzene rings is 1. The number of nitrogens with two attached hydrogens (primary N) is 1. The van der Waals surface area contributed by atoms with E-state index in [0.29, 0.717) is 15.8 Å². The summed E-state index contributed by atoms with van der Waals surface area (Å²) in [6, 6.07) is 3.56. The van der Waals surface area contributed by atoms with Gasteiger partial charge in [0.15, 0.2) is 0 Å². The highest BCUT2D eigenvalue weighted by atomic mass is 79.9. The van der Waals surface area contributed by atoms with Gasteiger partial charge in [0.05, 0.1) is 24.6 Å². The molecule has 0 saturated carbocycles. The van der Waals surface area contributed by atoms with Gasteiger partial charge >= 0.3 is 11.9 Å². The fourth-order valence-electron chi connectivity index (χ4n) is 2.57. The SMILES string of the molecule is COC(=O)C1=C(N)Oc2c(Br)cc(Br)cc2C1C(C)C(=O)OC. The molecule has 2 unspecified atom stereocenters. The number of hydrogen-bond donors (Lipinski definition) is 1. The number of carbonyl (C=O) groups is 2. The molecular formula is C15H15Br2NO5. The lowest BCUT2D eigenvalue weighted by molar-refractivity contribution is -0.145. The van der Waals surface area contributed by atoms with Gasteiger partial charge in [-0.05, 0) is 28.1 Å². The second-order valence-corrected chi connectivity index (χ2v) is 6.74. The quantitative estimate of drug-likeness (QED) is 0.715. The molecule has 1 heterocycles. The lowest BCUT2D eigenvalue weighted by atomic mass is 9.79. The summed E-state index contributed by atoms with van der Waals surface area (Å²) in [5.74, 6) is -2.05. The van der Waals surface area contributed by atoms with E-state index in [1.165, 1.54) is 14.2 Å². The molecule has 0 radical (unpaired) electrons. The summed E-state index contributed by atoms with van der Waals surface area (Å²) in [6.45, 7) is 1.66. The van der Waals surface area contributed by atoms with Gasteiger partial charge < -0.3 is 19.9 Å². The van der Waals surface area contributed by atoms with Crippen LogP contribution in [0.2, 0.25) is 0 Å². The van der Waals surface area contributed by atoms with Crippen molar-refractivity contribution in [2.75, 3.05) is 14.2 Å². The van der Waals surface area contributed by atoms with E-state index in [0.717, 1.165) is 4.47 Å². The number of halogens is 2. The van der Waals surface area contributed by atoms with Crippen molar-refractivity contribution in [3.8, 4) is 5.75 Å². The second kappa shape index (κ2) is 6.92. The molecule has 0 amide bonds. The molecule has 6 nitrogen and oxygen atoms in total. The molecule has 2 N–H and O–H groups in total. The minimum absolute atomic E-state index is 0.0897. The predicted octanol–water partition coefficient (Wildman–Crippen LogP) is 2.84. The summed E-state index contributed by atoms with van der Waals surface area (Å²) < 4.78 is 16.6. The Hall–Kier alpha value is -1.54. The molecule has 124 valence electrons. The van der Waals surface area contributed by atoms with E-state index in [4.69, 9.17) is 19.9 Å². The van der Waals surface area contributed by atoms with Crippen LogP contribution in [0.3, 0.4) is 0 Å². The highest BCUT2D eigenvalue weighted by Crippen LogP contribution is 2.47. The first kappa shape index (κ1) is 17.8. The topological polar surface area (TPSA) is 87.9 Å². The van der Waals surface area contributed by atoms with Gasteiger partial charge in [-0.3, -0.25) is 4.79 Å². The summed E-state index contributed by atoms with van der Waals surface area (Å²) in [5.41, 5.74) is 6.66. The van der Waals surface area contributed by atoms with Crippen LogP contribution < -0.4 is 10.5 Å². The minimum atomic E-state index is -0.656. The first-order valence-corrected chi connectivity index (χ1v) is 8.23. The fraction of sp³-hybridized carbons (Fsp3) is 0.333. The number of ether oxygens (including phenoxy) is 3. The number of hydrogen-bond acceptors (Lipinski definition) is 6. The van der Waals surface area contributed by atoms with Crippen LogP contribution in [-0.2, 0) is 19.1 Å². The van der Waals surface area contributed by atoms with Gasteiger partial charge in [-0.1, -0.05) is 22.9 Å². The maximum absolute atomic E-state index is 12.2. The van der Waals surface area contributed by atoms with Gasteiger partial charge in [-0.2, -0.15) is 0 Å². The minimum Gasteiger partial charge on any atom is -0.469 e. The van der Waals surface area contributed by atoms with Crippen LogP contribution in [-0.4, -0.2) is 26.2 Å². The van der Waals surface area contributed by atoms with Crippen LogP contribution in [0, 0.1) is 5.92 Å². The third-order valence-electron chi connectivity index (χ3n) is 3.64. The van der Waals surface area contributed by atoms with E-state index in [-0.39, 0.29) is 11.5 Å². The van der Waals surface area contributed by atoms with Crippen molar-refractivity contribution >= 4 is 43.8 Å². The van der Waals surface area contributed by atoms with Gasteiger partial charge in [-0.15, -0.1) is 0 Å². The summed E-state index contributed by atoms with van der Waals surface area (Å²) in [4.78, 5) is 24.2. The third kappa shape index (κ3) is 3.23. The van der Waals surface area contributed by atoms with Crippen molar-refractivity contribution in [2.24, 2.45) is 11.7 Å². The molecule has 1 aromatic carbocycles. The van der Waals surface area contributed by atoms with Crippen LogP contribution in [0.5, 0.6) is 5.75 Å². The second-order valence-electron chi connectivity index (χ2n) is 4.97. The van der Waals surface area contributed by atoms with Crippen LogP contribution in [0.1, 0.15) is 18.4 Å². The molecule has 1 aliphatic rings. The Labute approximate surface area is 150 Å².